The van der Waals surface area contributed by atoms with E-state index in [1.807, 2.05) is 25.1 Å². The molecular formula is C17H19N3O2. The molecule has 1 aromatic carbocycles. The first kappa shape index (κ1) is 14.5. The zero-order chi connectivity index (χ0) is 15.7. The highest BCUT2D eigenvalue weighted by atomic mass is 16.2. The zero-order valence-electron chi connectivity index (χ0n) is 12.6. The molecule has 1 aliphatic rings. The summed E-state index contributed by atoms with van der Waals surface area (Å²) in [7, 11) is 0. The van der Waals surface area contributed by atoms with Crippen LogP contribution < -0.4 is 11.1 Å². The van der Waals surface area contributed by atoms with E-state index in [-0.39, 0.29) is 12.5 Å². The number of hydrogen-bond donors (Lipinski definition) is 2. The van der Waals surface area contributed by atoms with Gasteiger partial charge in [-0.3, -0.25) is 14.6 Å². The number of fused-ring (bicyclic) bond motifs is 2. The van der Waals surface area contributed by atoms with Crippen LogP contribution in [0.5, 0.6) is 0 Å². The lowest BCUT2D eigenvalue weighted by molar-refractivity contribution is -0.117. The molecule has 3 rings (SSSR count). The van der Waals surface area contributed by atoms with Gasteiger partial charge in [0, 0.05) is 11.1 Å². The first-order chi connectivity index (χ1) is 10.6. The largest absolute Gasteiger partial charge is 0.368 e. The fraction of sp³-hybridized carbons (Fsp3) is 0.353. The highest BCUT2D eigenvalue weighted by molar-refractivity contribution is 6.08. The number of nitrogens with zero attached hydrogens (tertiary/aromatic N) is 1. The molecular weight excluding hydrogens is 278 g/mol. The van der Waals surface area contributed by atoms with E-state index in [1.54, 1.807) is 0 Å². The molecule has 0 aliphatic heterocycles. The maximum absolute atomic E-state index is 12.6. The van der Waals surface area contributed by atoms with Gasteiger partial charge in [-0.15, -0.1) is 0 Å². The van der Waals surface area contributed by atoms with Gasteiger partial charge in [-0.05, 0) is 50.3 Å². The van der Waals surface area contributed by atoms with Crippen molar-refractivity contribution < 1.29 is 9.59 Å². The van der Waals surface area contributed by atoms with E-state index in [0.29, 0.717) is 5.56 Å². The second kappa shape index (κ2) is 5.75. The molecule has 0 saturated carbocycles. The van der Waals surface area contributed by atoms with Gasteiger partial charge in [-0.25, -0.2) is 0 Å². The quantitative estimate of drug-likeness (QED) is 0.903. The Hall–Kier alpha value is -2.43. The Bertz CT molecular complexity index is 768. The second-order valence-electron chi connectivity index (χ2n) is 5.79. The molecule has 0 unspecified atom stereocenters. The van der Waals surface area contributed by atoms with E-state index in [4.69, 9.17) is 10.7 Å². The summed E-state index contributed by atoms with van der Waals surface area (Å²) < 4.78 is 0. The number of primary amides is 1. The van der Waals surface area contributed by atoms with Gasteiger partial charge in [0.1, 0.15) is 0 Å². The third-order valence-corrected chi connectivity index (χ3v) is 4.07. The van der Waals surface area contributed by atoms with Gasteiger partial charge in [0.2, 0.25) is 5.91 Å². The molecule has 114 valence electrons. The van der Waals surface area contributed by atoms with Crippen LogP contribution in [-0.2, 0) is 17.6 Å². The Balaban J connectivity index is 2.17. The number of benzene rings is 1. The number of rotatable bonds is 3. The van der Waals surface area contributed by atoms with E-state index in [1.165, 1.54) is 0 Å². The molecule has 0 saturated heterocycles. The number of carbonyl (C=O) groups is 2. The topological polar surface area (TPSA) is 85.1 Å². The lowest BCUT2D eigenvalue weighted by atomic mass is 9.89. The van der Waals surface area contributed by atoms with E-state index in [2.05, 4.69) is 5.32 Å². The van der Waals surface area contributed by atoms with Crippen LogP contribution in [0.2, 0.25) is 0 Å². The third-order valence-electron chi connectivity index (χ3n) is 4.07. The molecule has 3 N–H and O–H groups in total. The summed E-state index contributed by atoms with van der Waals surface area (Å²) in [5, 5.41) is 3.47. The van der Waals surface area contributed by atoms with Crippen LogP contribution in [0.25, 0.3) is 10.9 Å². The van der Waals surface area contributed by atoms with Crippen molar-refractivity contribution in [2.75, 3.05) is 6.54 Å². The van der Waals surface area contributed by atoms with Crippen LogP contribution >= 0.6 is 0 Å². The summed E-state index contributed by atoms with van der Waals surface area (Å²) in [4.78, 5) is 28.3. The first-order valence-electron chi connectivity index (χ1n) is 7.55. The Kier molecular flexibility index (Phi) is 3.79. The first-order valence-corrected chi connectivity index (χ1v) is 7.55. The van der Waals surface area contributed by atoms with Gasteiger partial charge in [0.05, 0.1) is 17.6 Å². The Labute approximate surface area is 128 Å². The molecule has 5 nitrogen and oxygen atoms in total. The summed E-state index contributed by atoms with van der Waals surface area (Å²) >= 11 is 0. The fourth-order valence-corrected chi connectivity index (χ4v) is 3.05. The van der Waals surface area contributed by atoms with Crippen LogP contribution in [0.3, 0.4) is 0 Å². The normalized spacial score (nSPS) is 13.7. The average Bonchev–Trinajstić information content (AvgIpc) is 2.50. The second-order valence-corrected chi connectivity index (χ2v) is 5.79. The summed E-state index contributed by atoms with van der Waals surface area (Å²) in [6, 6.07) is 5.93. The van der Waals surface area contributed by atoms with E-state index >= 15 is 0 Å². The summed E-state index contributed by atoms with van der Waals surface area (Å²) in [5.41, 5.74) is 9.72. The molecule has 0 atom stereocenters. The molecule has 1 aliphatic carbocycles. The summed E-state index contributed by atoms with van der Waals surface area (Å²) in [6.07, 6.45) is 3.91. The van der Waals surface area contributed by atoms with Crippen molar-refractivity contribution in [3.05, 3.63) is 40.6 Å². The number of aromatic nitrogens is 1. The minimum atomic E-state index is -0.545. The minimum Gasteiger partial charge on any atom is -0.368 e. The lowest BCUT2D eigenvalue weighted by Gasteiger charge is -2.20. The maximum atomic E-state index is 12.6. The molecule has 1 aromatic heterocycles. The molecule has 22 heavy (non-hydrogen) atoms. The van der Waals surface area contributed by atoms with E-state index in [0.717, 1.165) is 53.4 Å². The molecule has 2 aromatic rings. The van der Waals surface area contributed by atoms with E-state index < -0.39 is 5.91 Å². The van der Waals surface area contributed by atoms with Gasteiger partial charge in [0.15, 0.2) is 0 Å². The number of carbonyl (C=O) groups excluding carboxylic acids is 2. The van der Waals surface area contributed by atoms with Crippen LogP contribution in [0.1, 0.15) is 40.0 Å². The predicted molar refractivity (Wildman–Crippen MR) is 84.6 cm³/mol. The standard InChI is InChI=1S/C17H19N3O2/c1-10-6-7-14-12(8-10)16(17(22)19-9-15(18)21)11-4-2-3-5-13(11)20-14/h6-8H,2-5,9H2,1H3,(H2,18,21)(H,19,22). The van der Waals surface area contributed by atoms with Crippen LogP contribution in [0.15, 0.2) is 18.2 Å². The zero-order valence-corrected chi connectivity index (χ0v) is 12.6. The molecule has 5 heteroatoms. The van der Waals surface area contributed by atoms with Crippen LogP contribution in [0.4, 0.5) is 0 Å². The van der Waals surface area contributed by atoms with Crippen molar-refractivity contribution in [1.82, 2.24) is 10.3 Å². The smallest absolute Gasteiger partial charge is 0.252 e. The molecule has 1 heterocycles. The number of hydrogen-bond acceptors (Lipinski definition) is 3. The number of pyridine rings is 1. The fourth-order valence-electron chi connectivity index (χ4n) is 3.05. The molecule has 0 spiro atoms. The van der Waals surface area contributed by atoms with Crippen molar-refractivity contribution in [2.45, 2.75) is 32.6 Å². The number of aryl methyl sites for hydroxylation is 2. The molecule has 0 bridgehead atoms. The van der Waals surface area contributed by atoms with Crippen LogP contribution in [0, 0.1) is 6.92 Å². The van der Waals surface area contributed by atoms with Crippen molar-refractivity contribution in [1.29, 1.82) is 0 Å². The van der Waals surface area contributed by atoms with Crippen molar-refractivity contribution in [3.63, 3.8) is 0 Å². The highest BCUT2D eigenvalue weighted by Gasteiger charge is 2.22. The van der Waals surface area contributed by atoms with Crippen molar-refractivity contribution >= 4 is 22.7 Å². The SMILES string of the molecule is Cc1ccc2nc3c(c(C(=O)NCC(N)=O)c2c1)CCCC3. The van der Waals surface area contributed by atoms with Crippen molar-refractivity contribution in [3.8, 4) is 0 Å². The van der Waals surface area contributed by atoms with Gasteiger partial charge in [-0.2, -0.15) is 0 Å². The Morgan fingerprint density at radius 3 is 2.82 bits per heavy atom. The summed E-state index contributed by atoms with van der Waals surface area (Å²) in [5.74, 6) is -0.785. The van der Waals surface area contributed by atoms with Crippen molar-refractivity contribution in [2.24, 2.45) is 5.73 Å². The minimum absolute atomic E-state index is 0.150. The predicted octanol–water partition coefficient (Wildman–Crippen LogP) is 1.64. The van der Waals surface area contributed by atoms with Gasteiger partial charge in [0.25, 0.3) is 5.91 Å². The summed E-state index contributed by atoms with van der Waals surface area (Å²) in [6.45, 7) is 1.84. The van der Waals surface area contributed by atoms with Gasteiger partial charge >= 0.3 is 0 Å². The number of nitrogens with one attached hydrogen (secondary N) is 1. The average molecular weight is 297 g/mol. The Morgan fingerprint density at radius 2 is 2.05 bits per heavy atom. The van der Waals surface area contributed by atoms with Gasteiger partial charge < -0.3 is 11.1 Å². The van der Waals surface area contributed by atoms with E-state index in [9.17, 15) is 9.59 Å². The maximum Gasteiger partial charge on any atom is 0.252 e. The highest BCUT2D eigenvalue weighted by Crippen LogP contribution is 2.29. The number of amides is 2. The third kappa shape index (κ3) is 2.66. The molecule has 0 radical (unpaired) electrons. The molecule has 2 amide bonds. The Morgan fingerprint density at radius 1 is 1.27 bits per heavy atom. The number of nitrogens with two attached hydrogens (primary N) is 1. The van der Waals surface area contributed by atoms with Gasteiger partial charge in [-0.1, -0.05) is 11.6 Å². The lowest BCUT2D eigenvalue weighted by Crippen LogP contribution is -2.34. The van der Waals surface area contributed by atoms with Crippen LogP contribution in [-0.4, -0.2) is 23.3 Å². The molecule has 0 fully saturated rings. The monoisotopic (exact) mass is 297 g/mol.